The molecule has 1 aromatic heterocycles. The van der Waals surface area contributed by atoms with Crippen molar-refractivity contribution in [2.75, 3.05) is 0 Å². The third-order valence-electron chi connectivity index (χ3n) is 1.65. The molecule has 0 aliphatic carbocycles. The Morgan fingerprint density at radius 2 is 2.33 bits per heavy atom. The van der Waals surface area contributed by atoms with Crippen molar-refractivity contribution in [3.63, 3.8) is 0 Å². The molecule has 0 unspecified atom stereocenters. The molecule has 0 aliphatic rings. The fourth-order valence-electron chi connectivity index (χ4n) is 1.07. The number of allylic oxidation sites excluding steroid dienone is 2. The van der Waals surface area contributed by atoms with Gasteiger partial charge in [-0.3, -0.25) is 4.68 Å². The Bertz CT molecular complexity index is 295. The maximum absolute atomic E-state index is 5.71. The van der Waals surface area contributed by atoms with Crippen LogP contribution in [0.15, 0.2) is 17.2 Å². The van der Waals surface area contributed by atoms with Gasteiger partial charge in [-0.1, -0.05) is 11.6 Å². The van der Waals surface area contributed by atoms with Gasteiger partial charge in [0.25, 0.3) is 0 Å². The standard InChI is InChI=1S/C9H13ClN2/c1-7(10)4-5-12-9(3)6-8(2)11-12/h4,6H,5H2,1-3H3. The van der Waals surface area contributed by atoms with E-state index in [2.05, 4.69) is 11.2 Å². The average Bonchev–Trinajstić information content (AvgIpc) is 2.26. The predicted molar refractivity (Wildman–Crippen MR) is 51.3 cm³/mol. The molecule has 3 heteroatoms. The Morgan fingerprint density at radius 3 is 2.75 bits per heavy atom. The largest absolute Gasteiger partial charge is 0.266 e. The van der Waals surface area contributed by atoms with Crippen molar-refractivity contribution in [3.05, 3.63) is 28.6 Å². The van der Waals surface area contributed by atoms with Gasteiger partial charge in [0.05, 0.1) is 12.2 Å². The lowest BCUT2D eigenvalue weighted by Crippen LogP contribution is -1.99. The van der Waals surface area contributed by atoms with E-state index in [-0.39, 0.29) is 0 Å². The van der Waals surface area contributed by atoms with Gasteiger partial charge in [-0.05, 0) is 32.9 Å². The van der Waals surface area contributed by atoms with Gasteiger partial charge in [0, 0.05) is 10.7 Å². The summed E-state index contributed by atoms with van der Waals surface area (Å²) in [6.45, 7) is 6.65. The highest BCUT2D eigenvalue weighted by atomic mass is 35.5. The molecule has 0 bridgehead atoms. The zero-order chi connectivity index (χ0) is 9.14. The highest BCUT2D eigenvalue weighted by Crippen LogP contribution is 2.04. The summed E-state index contributed by atoms with van der Waals surface area (Å²) >= 11 is 5.71. The molecule has 0 atom stereocenters. The smallest absolute Gasteiger partial charge is 0.0607 e. The molecule has 1 heterocycles. The summed E-state index contributed by atoms with van der Waals surface area (Å²) in [6, 6.07) is 2.05. The summed E-state index contributed by atoms with van der Waals surface area (Å²) in [7, 11) is 0. The molecular formula is C9H13ClN2. The normalized spacial score (nSPS) is 12.2. The summed E-state index contributed by atoms with van der Waals surface area (Å²) in [5.41, 5.74) is 2.22. The molecule has 1 rings (SSSR count). The van der Waals surface area contributed by atoms with Crippen molar-refractivity contribution in [3.8, 4) is 0 Å². The van der Waals surface area contributed by atoms with Crippen molar-refractivity contribution in [1.82, 2.24) is 9.78 Å². The van der Waals surface area contributed by atoms with Gasteiger partial charge in [-0.15, -0.1) is 0 Å². The van der Waals surface area contributed by atoms with E-state index < -0.39 is 0 Å². The summed E-state index contributed by atoms with van der Waals surface area (Å²) in [4.78, 5) is 0. The lowest BCUT2D eigenvalue weighted by Gasteiger charge is -1.98. The zero-order valence-corrected chi connectivity index (χ0v) is 8.39. The van der Waals surface area contributed by atoms with Crippen LogP contribution in [0.4, 0.5) is 0 Å². The van der Waals surface area contributed by atoms with Crippen LogP contribution in [-0.2, 0) is 6.54 Å². The van der Waals surface area contributed by atoms with E-state index in [0.717, 1.165) is 17.3 Å². The summed E-state index contributed by atoms with van der Waals surface area (Å²) in [6.07, 6.45) is 1.95. The van der Waals surface area contributed by atoms with Crippen molar-refractivity contribution in [2.24, 2.45) is 0 Å². The lowest BCUT2D eigenvalue weighted by molar-refractivity contribution is 0.671. The van der Waals surface area contributed by atoms with E-state index in [1.54, 1.807) is 0 Å². The van der Waals surface area contributed by atoms with Gasteiger partial charge in [0.1, 0.15) is 0 Å². The number of nitrogens with zero attached hydrogens (tertiary/aromatic N) is 2. The quantitative estimate of drug-likeness (QED) is 0.691. The van der Waals surface area contributed by atoms with Crippen LogP contribution < -0.4 is 0 Å². The van der Waals surface area contributed by atoms with Crippen LogP contribution in [0.2, 0.25) is 0 Å². The Morgan fingerprint density at radius 1 is 1.67 bits per heavy atom. The molecule has 0 aromatic carbocycles. The first-order valence-corrected chi connectivity index (χ1v) is 4.30. The van der Waals surface area contributed by atoms with Gasteiger partial charge in [-0.25, -0.2) is 0 Å². The van der Waals surface area contributed by atoms with Crippen molar-refractivity contribution < 1.29 is 0 Å². The first-order valence-electron chi connectivity index (χ1n) is 3.93. The molecule has 0 saturated heterocycles. The number of hydrogen-bond acceptors (Lipinski definition) is 1. The number of rotatable bonds is 2. The Balaban J connectivity index is 2.75. The second-order valence-corrected chi connectivity index (χ2v) is 3.50. The SMILES string of the molecule is CC(Cl)=CCn1nc(C)cc1C. The first-order chi connectivity index (χ1) is 5.59. The van der Waals surface area contributed by atoms with E-state index in [4.69, 9.17) is 11.6 Å². The highest BCUT2D eigenvalue weighted by Gasteiger charge is 1.97. The van der Waals surface area contributed by atoms with Gasteiger partial charge in [-0.2, -0.15) is 5.10 Å². The predicted octanol–water partition coefficient (Wildman–Crippen LogP) is 2.64. The van der Waals surface area contributed by atoms with Gasteiger partial charge >= 0.3 is 0 Å². The molecule has 0 N–H and O–H groups in total. The minimum Gasteiger partial charge on any atom is -0.266 e. The van der Waals surface area contributed by atoms with Crippen molar-refractivity contribution >= 4 is 11.6 Å². The second kappa shape index (κ2) is 3.76. The molecule has 0 saturated carbocycles. The fourth-order valence-corrected chi connectivity index (χ4v) is 1.14. The fraction of sp³-hybridized carbons (Fsp3) is 0.444. The van der Waals surface area contributed by atoms with Crippen molar-refractivity contribution in [1.29, 1.82) is 0 Å². The van der Waals surface area contributed by atoms with Gasteiger partial charge < -0.3 is 0 Å². The summed E-state index contributed by atoms with van der Waals surface area (Å²) in [5.74, 6) is 0. The molecule has 0 amide bonds. The Hall–Kier alpha value is -0.760. The highest BCUT2D eigenvalue weighted by molar-refractivity contribution is 6.29. The number of aryl methyl sites for hydroxylation is 2. The van der Waals surface area contributed by atoms with Gasteiger partial charge in [0.2, 0.25) is 0 Å². The molecule has 66 valence electrons. The van der Waals surface area contributed by atoms with Crippen LogP contribution in [-0.4, -0.2) is 9.78 Å². The number of halogens is 1. The molecule has 0 radical (unpaired) electrons. The molecule has 12 heavy (non-hydrogen) atoms. The first kappa shape index (κ1) is 9.33. The zero-order valence-electron chi connectivity index (χ0n) is 7.63. The average molecular weight is 185 g/mol. The molecule has 0 fully saturated rings. The van der Waals surface area contributed by atoms with Crippen molar-refractivity contribution in [2.45, 2.75) is 27.3 Å². The van der Waals surface area contributed by atoms with E-state index in [0.29, 0.717) is 0 Å². The maximum Gasteiger partial charge on any atom is 0.0607 e. The van der Waals surface area contributed by atoms with Crippen LogP contribution in [0, 0.1) is 13.8 Å². The molecule has 0 aliphatic heterocycles. The Kier molecular flexibility index (Phi) is 2.93. The number of aromatic nitrogens is 2. The van der Waals surface area contributed by atoms with E-state index in [1.165, 1.54) is 5.69 Å². The molecular weight excluding hydrogens is 172 g/mol. The van der Waals surface area contributed by atoms with E-state index >= 15 is 0 Å². The molecule has 2 nitrogen and oxygen atoms in total. The minimum absolute atomic E-state index is 0.759. The number of hydrogen-bond donors (Lipinski definition) is 0. The maximum atomic E-state index is 5.71. The monoisotopic (exact) mass is 184 g/mol. The summed E-state index contributed by atoms with van der Waals surface area (Å²) < 4.78 is 1.93. The Labute approximate surface area is 77.8 Å². The lowest BCUT2D eigenvalue weighted by atomic mass is 10.4. The minimum atomic E-state index is 0.759. The topological polar surface area (TPSA) is 17.8 Å². The van der Waals surface area contributed by atoms with Crippen LogP contribution in [0.25, 0.3) is 0 Å². The third-order valence-corrected chi connectivity index (χ3v) is 1.80. The molecule has 1 aromatic rings. The van der Waals surface area contributed by atoms with Crippen LogP contribution in [0.3, 0.4) is 0 Å². The van der Waals surface area contributed by atoms with Crippen LogP contribution in [0.1, 0.15) is 18.3 Å². The second-order valence-electron chi connectivity index (χ2n) is 2.90. The van der Waals surface area contributed by atoms with E-state index in [9.17, 15) is 0 Å². The van der Waals surface area contributed by atoms with Gasteiger partial charge in [0.15, 0.2) is 0 Å². The van der Waals surface area contributed by atoms with Crippen LogP contribution in [0.5, 0.6) is 0 Å². The third kappa shape index (κ3) is 2.38. The summed E-state index contributed by atoms with van der Waals surface area (Å²) in [5, 5.41) is 5.10. The van der Waals surface area contributed by atoms with E-state index in [1.807, 2.05) is 31.5 Å². The molecule has 0 spiro atoms. The van der Waals surface area contributed by atoms with Crippen LogP contribution >= 0.6 is 11.6 Å².